The van der Waals surface area contributed by atoms with Gasteiger partial charge in [-0.1, -0.05) is 20.8 Å². The van der Waals surface area contributed by atoms with Crippen molar-refractivity contribution in [1.82, 2.24) is 25.4 Å². The van der Waals surface area contributed by atoms with Crippen molar-refractivity contribution in [2.75, 3.05) is 7.05 Å². The summed E-state index contributed by atoms with van der Waals surface area (Å²) in [6.45, 7) is 9.69. The summed E-state index contributed by atoms with van der Waals surface area (Å²) < 4.78 is 1.76. The van der Waals surface area contributed by atoms with Crippen LogP contribution in [0.15, 0.2) is 41.8 Å². The van der Waals surface area contributed by atoms with E-state index >= 15 is 0 Å². The van der Waals surface area contributed by atoms with Gasteiger partial charge in [-0.05, 0) is 48.9 Å². The van der Waals surface area contributed by atoms with Crippen LogP contribution >= 0.6 is 24.0 Å². The summed E-state index contributed by atoms with van der Waals surface area (Å²) in [4.78, 5) is 8.67. The molecule has 0 aliphatic carbocycles. The Morgan fingerprint density at radius 2 is 2.08 bits per heavy atom. The summed E-state index contributed by atoms with van der Waals surface area (Å²) in [6, 6.07) is 6.28. The first-order valence-electron chi connectivity index (χ1n) is 8.79. The van der Waals surface area contributed by atoms with E-state index in [9.17, 15) is 0 Å². The van der Waals surface area contributed by atoms with E-state index < -0.39 is 0 Å². The molecule has 0 bridgehead atoms. The van der Waals surface area contributed by atoms with E-state index in [0.29, 0.717) is 18.0 Å². The van der Waals surface area contributed by atoms with Gasteiger partial charge >= 0.3 is 0 Å². The lowest BCUT2D eigenvalue weighted by molar-refractivity contribution is 0.346. The summed E-state index contributed by atoms with van der Waals surface area (Å²) >= 11 is 0. The van der Waals surface area contributed by atoms with Crippen LogP contribution in [0.4, 0.5) is 0 Å². The molecule has 0 spiro atoms. The minimum absolute atomic E-state index is 0. The molecule has 0 aliphatic heterocycles. The average Bonchev–Trinajstić information content (AvgIpc) is 3.11. The van der Waals surface area contributed by atoms with Gasteiger partial charge in [0.05, 0.1) is 0 Å². The van der Waals surface area contributed by atoms with Crippen molar-refractivity contribution in [3.63, 3.8) is 0 Å². The zero-order valence-electron chi connectivity index (χ0n) is 16.4. The Bertz CT molecular complexity index is 676. The summed E-state index contributed by atoms with van der Waals surface area (Å²) in [5, 5.41) is 11.0. The molecule has 0 aliphatic rings. The Labute approximate surface area is 173 Å². The first-order chi connectivity index (χ1) is 11.9. The molecular weight excluding hydrogens is 439 g/mol. The van der Waals surface area contributed by atoms with Crippen molar-refractivity contribution < 1.29 is 0 Å². The molecule has 7 heteroatoms. The molecule has 0 radical (unpaired) electrons. The largest absolute Gasteiger partial charge is 0.354 e. The summed E-state index contributed by atoms with van der Waals surface area (Å²) in [7, 11) is 1.80. The molecule has 2 N–H and O–H groups in total. The zero-order valence-corrected chi connectivity index (χ0v) is 18.7. The first kappa shape index (κ1) is 22.4. The highest BCUT2D eigenvalue weighted by atomic mass is 127. The van der Waals surface area contributed by atoms with E-state index in [4.69, 9.17) is 0 Å². The molecule has 0 saturated carbocycles. The Hall–Kier alpha value is -1.64. The van der Waals surface area contributed by atoms with Gasteiger partial charge in [0.1, 0.15) is 0 Å². The lowest BCUT2D eigenvalue weighted by atomic mass is 9.89. The topological polar surface area (TPSA) is 67.1 Å². The molecular formula is C19H31IN6. The monoisotopic (exact) mass is 470 g/mol. The predicted molar refractivity (Wildman–Crippen MR) is 118 cm³/mol. The fraction of sp³-hybridized carbons (Fsp3) is 0.526. The quantitative estimate of drug-likeness (QED) is 0.383. The summed E-state index contributed by atoms with van der Waals surface area (Å²) in [5.41, 5.74) is 1.48. The van der Waals surface area contributed by atoms with Crippen molar-refractivity contribution in [2.45, 2.75) is 53.1 Å². The maximum absolute atomic E-state index is 4.35. The van der Waals surface area contributed by atoms with E-state index in [2.05, 4.69) is 53.4 Å². The number of nitrogens with zero attached hydrogens (tertiary/aromatic N) is 4. The van der Waals surface area contributed by atoms with Crippen LogP contribution < -0.4 is 10.6 Å². The molecule has 144 valence electrons. The van der Waals surface area contributed by atoms with E-state index in [1.54, 1.807) is 24.1 Å². The van der Waals surface area contributed by atoms with Crippen molar-refractivity contribution in [1.29, 1.82) is 0 Å². The smallest absolute Gasteiger partial charge is 0.191 e. The molecule has 2 aromatic rings. The van der Waals surface area contributed by atoms with E-state index in [-0.39, 0.29) is 24.0 Å². The highest BCUT2D eigenvalue weighted by Crippen LogP contribution is 2.21. The van der Waals surface area contributed by atoms with Crippen LogP contribution in [0, 0.1) is 5.41 Å². The fourth-order valence-electron chi connectivity index (χ4n) is 2.44. The third kappa shape index (κ3) is 7.72. The maximum Gasteiger partial charge on any atom is 0.191 e. The molecule has 0 saturated heterocycles. The molecule has 1 atom stereocenters. The number of hydrogen-bond acceptors (Lipinski definition) is 3. The van der Waals surface area contributed by atoms with Crippen LogP contribution in [0.1, 0.15) is 46.1 Å². The Kier molecular flexibility index (Phi) is 9.04. The van der Waals surface area contributed by atoms with Gasteiger partial charge in [0.2, 0.25) is 0 Å². The second-order valence-electron chi connectivity index (χ2n) is 7.54. The number of guanidine groups is 1. The minimum Gasteiger partial charge on any atom is -0.354 e. The minimum atomic E-state index is 0. The van der Waals surface area contributed by atoms with Crippen molar-refractivity contribution >= 4 is 29.9 Å². The van der Waals surface area contributed by atoms with Gasteiger partial charge in [0, 0.05) is 38.2 Å². The van der Waals surface area contributed by atoms with Gasteiger partial charge in [0.15, 0.2) is 11.8 Å². The lowest BCUT2D eigenvalue weighted by Crippen LogP contribution is -2.42. The highest BCUT2D eigenvalue weighted by Gasteiger charge is 2.13. The number of aromatic nitrogens is 3. The third-order valence-electron chi connectivity index (χ3n) is 3.94. The van der Waals surface area contributed by atoms with Gasteiger partial charge < -0.3 is 10.6 Å². The third-order valence-corrected chi connectivity index (χ3v) is 3.94. The van der Waals surface area contributed by atoms with Crippen molar-refractivity contribution in [3.8, 4) is 5.82 Å². The fourth-order valence-corrected chi connectivity index (χ4v) is 2.44. The Morgan fingerprint density at radius 3 is 2.69 bits per heavy atom. The maximum atomic E-state index is 4.35. The molecule has 1 unspecified atom stereocenters. The van der Waals surface area contributed by atoms with Crippen LogP contribution in [-0.2, 0) is 6.54 Å². The number of nitrogens with one attached hydrogen (secondary N) is 2. The number of aliphatic imine (C=N–C) groups is 1. The van der Waals surface area contributed by atoms with Crippen LogP contribution in [-0.4, -0.2) is 33.8 Å². The standard InChI is InChI=1S/C19H30N6.HI/c1-15(7-9-19(2,3)4)24-18(20-5)22-14-16-8-11-21-17(13-16)25-12-6-10-23-25;/h6,8,10-13,15H,7,9,14H2,1-5H3,(H2,20,22,24);1H. The zero-order chi connectivity index (χ0) is 18.3. The SMILES string of the molecule is CN=C(NCc1ccnc(-n2cccn2)c1)NC(C)CCC(C)(C)C.I. The van der Waals surface area contributed by atoms with Crippen molar-refractivity contribution in [3.05, 3.63) is 42.4 Å². The lowest BCUT2D eigenvalue weighted by Gasteiger charge is -2.23. The average molecular weight is 470 g/mol. The molecule has 6 nitrogen and oxygen atoms in total. The Morgan fingerprint density at radius 1 is 1.31 bits per heavy atom. The number of pyridine rings is 1. The van der Waals surface area contributed by atoms with Gasteiger partial charge in [-0.3, -0.25) is 4.99 Å². The number of rotatable bonds is 6. The van der Waals surface area contributed by atoms with Gasteiger partial charge in [-0.15, -0.1) is 24.0 Å². The molecule has 0 aromatic carbocycles. The van der Waals surface area contributed by atoms with Crippen LogP contribution in [0.3, 0.4) is 0 Å². The molecule has 26 heavy (non-hydrogen) atoms. The summed E-state index contributed by atoms with van der Waals surface area (Å²) in [5.74, 6) is 1.63. The molecule has 0 fully saturated rings. The number of halogens is 1. The second-order valence-corrected chi connectivity index (χ2v) is 7.54. The number of hydrogen-bond donors (Lipinski definition) is 2. The van der Waals surface area contributed by atoms with Crippen LogP contribution in [0.2, 0.25) is 0 Å². The van der Waals surface area contributed by atoms with Gasteiger partial charge in [0.25, 0.3) is 0 Å². The van der Waals surface area contributed by atoms with Gasteiger partial charge in [-0.25, -0.2) is 9.67 Å². The normalized spacial score (nSPS) is 13.0. The Balaban J connectivity index is 0.00000338. The van der Waals surface area contributed by atoms with Gasteiger partial charge in [-0.2, -0.15) is 5.10 Å². The van der Waals surface area contributed by atoms with E-state index in [1.807, 2.05) is 24.4 Å². The first-order valence-corrected chi connectivity index (χ1v) is 8.79. The molecule has 2 rings (SSSR count). The predicted octanol–water partition coefficient (Wildman–Crippen LogP) is 3.77. The molecule has 2 aromatic heterocycles. The van der Waals surface area contributed by atoms with Crippen molar-refractivity contribution in [2.24, 2.45) is 10.4 Å². The van der Waals surface area contributed by atoms with E-state index in [0.717, 1.165) is 23.8 Å². The second kappa shape index (κ2) is 10.5. The summed E-state index contributed by atoms with van der Waals surface area (Å²) in [6.07, 6.45) is 7.73. The van der Waals surface area contributed by atoms with E-state index in [1.165, 1.54) is 6.42 Å². The van der Waals surface area contributed by atoms with Crippen LogP contribution in [0.25, 0.3) is 5.82 Å². The molecule has 0 amide bonds. The van der Waals surface area contributed by atoms with Crippen LogP contribution in [0.5, 0.6) is 0 Å². The molecule has 2 heterocycles. The highest BCUT2D eigenvalue weighted by molar-refractivity contribution is 14.0.